The predicted molar refractivity (Wildman–Crippen MR) is 86.2 cm³/mol. The van der Waals surface area contributed by atoms with Crippen molar-refractivity contribution >= 4 is 23.1 Å². The smallest absolute Gasteiger partial charge is 0.161 e. The molecule has 5 heteroatoms. The maximum Gasteiger partial charge on any atom is 0.161 e. The molecule has 0 unspecified atom stereocenters. The second-order valence-corrected chi connectivity index (χ2v) is 5.95. The van der Waals surface area contributed by atoms with Gasteiger partial charge in [-0.15, -0.1) is 11.8 Å². The molecule has 0 fully saturated rings. The Morgan fingerprint density at radius 1 is 1.32 bits per heavy atom. The maximum absolute atomic E-state index is 14.2. The van der Waals surface area contributed by atoms with Crippen LogP contribution in [0, 0.1) is 5.82 Å². The van der Waals surface area contributed by atoms with Crippen LogP contribution in [-0.2, 0) is 6.42 Å². The summed E-state index contributed by atoms with van der Waals surface area (Å²) in [4.78, 5) is 16.9. The summed E-state index contributed by atoms with van der Waals surface area (Å²) in [6, 6.07) is 8.86. The Hall–Kier alpha value is -2.14. The standard InChI is InChI=1S/C17H15FN2OS/c1-11(21)15-8-13-5-6-19-10-20(13)17(15)7-12-3-4-14(22-2)9-16(12)18/h3-6,8-10H,7H2,1-2H3. The molecule has 112 valence electrons. The molecule has 0 aliphatic heterocycles. The van der Waals surface area contributed by atoms with Crippen LogP contribution in [0.1, 0.15) is 28.5 Å². The van der Waals surface area contributed by atoms with Gasteiger partial charge in [0, 0.05) is 34.3 Å². The number of carbonyl (C=O) groups is 1. The topological polar surface area (TPSA) is 34.4 Å². The van der Waals surface area contributed by atoms with Crippen LogP contribution in [0.2, 0.25) is 0 Å². The summed E-state index contributed by atoms with van der Waals surface area (Å²) in [6.45, 7) is 1.53. The Balaban J connectivity index is 2.10. The fourth-order valence-corrected chi connectivity index (χ4v) is 2.97. The Bertz CT molecular complexity index is 857. The molecule has 2 aromatic heterocycles. The zero-order valence-corrected chi connectivity index (χ0v) is 13.2. The number of ketones is 1. The highest BCUT2D eigenvalue weighted by atomic mass is 32.2. The largest absolute Gasteiger partial charge is 0.304 e. The molecule has 0 saturated heterocycles. The lowest BCUT2D eigenvalue weighted by atomic mass is 10.0. The van der Waals surface area contributed by atoms with Gasteiger partial charge in [-0.05, 0) is 43.0 Å². The van der Waals surface area contributed by atoms with Crippen molar-refractivity contribution in [2.24, 2.45) is 0 Å². The van der Waals surface area contributed by atoms with Crippen molar-refractivity contribution in [2.45, 2.75) is 18.2 Å². The first-order chi connectivity index (χ1) is 10.6. The number of rotatable bonds is 4. The van der Waals surface area contributed by atoms with Gasteiger partial charge in [0.2, 0.25) is 0 Å². The van der Waals surface area contributed by atoms with E-state index in [2.05, 4.69) is 4.98 Å². The number of carbonyl (C=O) groups excluding carboxylic acids is 1. The van der Waals surface area contributed by atoms with E-state index in [1.807, 2.05) is 28.9 Å². The fourth-order valence-electron chi connectivity index (χ4n) is 2.54. The van der Waals surface area contributed by atoms with Gasteiger partial charge >= 0.3 is 0 Å². The van der Waals surface area contributed by atoms with E-state index in [4.69, 9.17) is 0 Å². The summed E-state index contributed by atoms with van der Waals surface area (Å²) in [5.41, 5.74) is 2.84. The average molecular weight is 314 g/mol. The molecular weight excluding hydrogens is 299 g/mol. The molecule has 3 aromatic rings. The molecule has 2 heterocycles. The lowest BCUT2D eigenvalue weighted by Gasteiger charge is -2.07. The molecule has 0 aliphatic rings. The van der Waals surface area contributed by atoms with Crippen molar-refractivity contribution in [3.63, 3.8) is 0 Å². The van der Waals surface area contributed by atoms with Gasteiger partial charge in [0.25, 0.3) is 0 Å². The summed E-state index contributed by atoms with van der Waals surface area (Å²) in [6.07, 6.45) is 5.60. The minimum atomic E-state index is -0.250. The molecule has 3 nitrogen and oxygen atoms in total. The molecule has 0 amide bonds. The summed E-state index contributed by atoms with van der Waals surface area (Å²) < 4.78 is 16.1. The number of Topliss-reactive ketones (excluding diaryl/α,β-unsaturated/α-hetero) is 1. The van der Waals surface area contributed by atoms with Crippen LogP contribution in [0.5, 0.6) is 0 Å². The number of nitrogens with zero attached hydrogens (tertiary/aromatic N) is 2. The van der Waals surface area contributed by atoms with Gasteiger partial charge < -0.3 is 4.40 Å². The van der Waals surface area contributed by atoms with E-state index in [-0.39, 0.29) is 11.6 Å². The number of halogens is 1. The van der Waals surface area contributed by atoms with Gasteiger partial charge in [-0.2, -0.15) is 0 Å². The Kier molecular flexibility index (Phi) is 3.98. The molecular formula is C17H15FN2OS. The molecule has 0 radical (unpaired) electrons. The van der Waals surface area contributed by atoms with Gasteiger partial charge in [-0.3, -0.25) is 4.79 Å². The third-order valence-corrected chi connectivity index (χ3v) is 4.41. The first-order valence-corrected chi connectivity index (χ1v) is 8.10. The van der Waals surface area contributed by atoms with Crippen LogP contribution in [0.15, 0.2) is 47.8 Å². The van der Waals surface area contributed by atoms with E-state index in [1.165, 1.54) is 24.8 Å². The highest BCUT2D eigenvalue weighted by Crippen LogP contribution is 2.24. The molecule has 0 bridgehead atoms. The van der Waals surface area contributed by atoms with E-state index in [1.54, 1.807) is 18.6 Å². The monoisotopic (exact) mass is 314 g/mol. The molecule has 0 atom stereocenters. The number of hydrogen-bond donors (Lipinski definition) is 0. The summed E-state index contributed by atoms with van der Waals surface area (Å²) >= 11 is 1.50. The minimum absolute atomic E-state index is 0.0279. The number of thioether (sulfide) groups is 1. The Morgan fingerprint density at radius 2 is 2.14 bits per heavy atom. The van der Waals surface area contributed by atoms with Crippen LogP contribution in [-0.4, -0.2) is 21.4 Å². The van der Waals surface area contributed by atoms with Crippen LogP contribution < -0.4 is 0 Å². The van der Waals surface area contributed by atoms with Gasteiger partial charge in [-0.1, -0.05) is 6.07 Å². The SMILES string of the molecule is CSc1ccc(Cc2c(C(C)=O)cc3ccncn23)c(F)c1. The number of aromatic nitrogens is 2. The molecule has 0 saturated carbocycles. The fraction of sp³-hybridized carbons (Fsp3) is 0.176. The van der Waals surface area contributed by atoms with Crippen molar-refractivity contribution in [3.05, 3.63) is 65.5 Å². The van der Waals surface area contributed by atoms with Gasteiger partial charge in [-0.25, -0.2) is 9.37 Å². The minimum Gasteiger partial charge on any atom is -0.304 e. The summed E-state index contributed by atoms with van der Waals surface area (Å²) in [5.74, 6) is -0.278. The second-order valence-electron chi connectivity index (χ2n) is 5.07. The van der Waals surface area contributed by atoms with Crippen molar-refractivity contribution in [1.29, 1.82) is 0 Å². The third-order valence-electron chi connectivity index (χ3n) is 3.68. The highest BCUT2D eigenvalue weighted by molar-refractivity contribution is 7.98. The average Bonchev–Trinajstić information content (AvgIpc) is 2.88. The zero-order valence-electron chi connectivity index (χ0n) is 12.3. The maximum atomic E-state index is 14.2. The zero-order chi connectivity index (χ0) is 15.7. The summed E-state index contributed by atoms with van der Waals surface area (Å²) in [7, 11) is 0. The molecule has 22 heavy (non-hydrogen) atoms. The third kappa shape index (κ3) is 2.64. The lowest BCUT2D eigenvalue weighted by molar-refractivity contribution is 0.101. The van der Waals surface area contributed by atoms with Crippen molar-refractivity contribution in [1.82, 2.24) is 9.38 Å². The predicted octanol–water partition coefficient (Wildman–Crippen LogP) is 3.99. The van der Waals surface area contributed by atoms with Gasteiger partial charge in [0.15, 0.2) is 5.78 Å². The van der Waals surface area contributed by atoms with Crippen molar-refractivity contribution < 1.29 is 9.18 Å². The lowest BCUT2D eigenvalue weighted by Crippen LogP contribution is -2.03. The van der Waals surface area contributed by atoms with Crippen LogP contribution in [0.25, 0.3) is 5.52 Å². The van der Waals surface area contributed by atoms with Gasteiger partial charge in [0.1, 0.15) is 5.82 Å². The van der Waals surface area contributed by atoms with Crippen LogP contribution in [0.3, 0.4) is 0 Å². The quantitative estimate of drug-likeness (QED) is 0.539. The van der Waals surface area contributed by atoms with E-state index in [0.717, 1.165) is 16.1 Å². The Labute approximate surface area is 132 Å². The first kappa shape index (κ1) is 14.8. The van der Waals surface area contributed by atoms with E-state index in [0.29, 0.717) is 17.5 Å². The van der Waals surface area contributed by atoms with E-state index in [9.17, 15) is 9.18 Å². The van der Waals surface area contributed by atoms with Crippen molar-refractivity contribution in [2.75, 3.05) is 6.26 Å². The van der Waals surface area contributed by atoms with Gasteiger partial charge in [0.05, 0.1) is 6.33 Å². The molecule has 0 N–H and O–H groups in total. The molecule has 0 spiro atoms. The molecule has 3 rings (SSSR count). The number of hydrogen-bond acceptors (Lipinski definition) is 3. The van der Waals surface area contributed by atoms with E-state index >= 15 is 0 Å². The second kappa shape index (κ2) is 5.93. The molecule has 0 aliphatic carbocycles. The van der Waals surface area contributed by atoms with Crippen LogP contribution in [0.4, 0.5) is 4.39 Å². The van der Waals surface area contributed by atoms with Crippen molar-refractivity contribution in [3.8, 4) is 0 Å². The van der Waals surface area contributed by atoms with E-state index < -0.39 is 0 Å². The number of fused-ring (bicyclic) bond motifs is 1. The highest BCUT2D eigenvalue weighted by Gasteiger charge is 2.16. The number of benzene rings is 1. The summed E-state index contributed by atoms with van der Waals surface area (Å²) in [5, 5.41) is 0. The Morgan fingerprint density at radius 3 is 2.82 bits per heavy atom. The van der Waals surface area contributed by atoms with Crippen LogP contribution >= 0.6 is 11.8 Å². The first-order valence-electron chi connectivity index (χ1n) is 6.87. The molecule has 1 aromatic carbocycles. The normalized spacial score (nSPS) is 11.0.